The number of aromatic nitrogens is 3. The number of methoxy groups -OCH3 is 1. The smallest absolute Gasteiger partial charge is 0.343 e. The van der Waals surface area contributed by atoms with Crippen molar-refractivity contribution in [2.45, 2.75) is 18.1 Å². The van der Waals surface area contributed by atoms with Gasteiger partial charge >= 0.3 is 5.69 Å². The van der Waals surface area contributed by atoms with Crippen LogP contribution in [0.4, 0.5) is 0 Å². The van der Waals surface area contributed by atoms with E-state index in [0.717, 1.165) is 17.1 Å². The van der Waals surface area contributed by atoms with Gasteiger partial charge in [-0.3, -0.25) is 4.57 Å². The number of aromatic amines is 1. The van der Waals surface area contributed by atoms with Crippen LogP contribution in [-0.4, -0.2) is 34.7 Å². The SMILES string of the molecule is CNC(CSc1n[nH]c(=O)n1C)c1cc(C)ccc1OC. The molecular weight excluding hydrogens is 288 g/mol. The minimum Gasteiger partial charge on any atom is -0.496 e. The number of nitrogens with zero attached hydrogens (tertiary/aromatic N) is 2. The summed E-state index contributed by atoms with van der Waals surface area (Å²) in [5, 5.41) is 10.4. The average molecular weight is 308 g/mol. The highest BCUT2D eigenvalue weighted by Gasteiger charge is 2.16. The van der Waals surface area contributed by atoms with E-state index >= 15 is 0 Å². The van der Waals surface area contributed by atoms with Crippen LogP contribution in [0.3, 0.4) is 0 Å². The maximum absolute atomic E-state index is 11.4. The lowest BCUT2D eigenvalue weighted by Crippen LogP contribution is -2.20. The number of benzene rings is 1. The monoisotopic (exact) mass is 308 g/mol. The molecule has 2 rings (SSSR count). The van der Waals surface area contributed by atoms with E-state index in [9.17, 15) is 4.79 Å². The van der Waals surface area contributed by atoms with Crippen LogP contribution in [0.15, 0.2) is 28.2 Å². The summed E-state index contributed by atoms with van der Waals surface area (Å²) in [6, 6.07) is 6.23. The molecule has 2 N–H and O–H groups in total. The molecule has 1 unspecified atom stereocenters. The molecule has 21 heavy (non-hydrogen) atoms. The second-order valence-corrected chi connectivity index (χ2v) is 5.76. The molecule has 0 aliphatic rings. The summed E-state index contributed by atoms with van der Waals surface area (Å²) < 4.78 is 6.94. The largest absolute Gasteiger partial charge is 0.496 e. The molecule has 6 nitrogen and oxygen atoms in total. The highest BCUT2D eigenvalue weighted by Crippen LogP contribution is 2.29. The molecule has 0 aliphatic carbocycles. The van der Waals surface area contributed by atoms with E-state index in [1.54, 1.807) is 14.2 Å². The Morgan fingerprint density at radius 1 is 1.52 bits per heavy atom. The van der Waals surface area contributed by atoms with Gasteiger partial charge in [0.2, 0.25) is 0 Å². The normalized spacial score (nSPS) is 12.4. The fraction of sp³-hybridized carbons (Fsp3) is 0.429. The van der Waals surface area contributed by atoms with E-state index in [0.29, 0.717) is 5.16 Å². The third-order valence-corrected chi connectivity index (χ3v) is 4.45. The van der Waals surface area contributed by atoms with Gasteiger partial charge in [-0.15, -0.1) is 5.10 Å². The molecular formula is C14H20N4O2S. The van der Waals surface area contributed by atoms with Crippen LogP contribution in [0, 0.1) is 6.92 Å². The number of hydrogen-bond donors (Lipinski definition) is 2. The molecule has 7 heteroatoms. The van der Waals surface area contributed by atoms with Gasteiger partial charge in [0.1, 0.15) is 5.75 Å². The number of hydrogen-bond acceptors (Lipinski definition) is 5. The minimum atomic E-state index is -0.202. The molecule has 0 spiro atoms. The predicted octanol–water partition coefficient (Wildman–Crippen LogP) is 1.48. The van der Waals surface area contributed by atoms with Gasteiger partial charge in [0, 0.05) is 24.4 Å². The van der Waals surface area contributed by atoms with Gasteiger partial charge in [-0.2, -0.15) is 0 Å². The predicted molar refractivity (Wildman–Crippen MR) is 84.1 cm³/mol. The fourth-order valence-corrected chi connectivity index (χ4v) is 3.12. The third-order valence-electron chi connectivity index (χ3n) is 3.33. The molecule has 2 aromatic rings. The van der Waals surface area contributed by atoms with Crippen LogP contribution in [0.1, 0.15) is 17.2 Å². The molecule has 114 valence electrons. The van der Waals surface area contributed by atoms with Gasteiger partial charge in [-0.25, -0.2) is 9.89 Å². The number of thioether (sulfide) groups is 1. The van der Waals surface area contributed by atoms with Crippen LogP contribution in [0.5, 0.6) is 5.75 Å². The molecule has 0 fully saturated rings. The second kappa shape index (κ2) is 6.82. The maximum Gasteiger partial charge on any atom is 0.343 e. The number of rotatable bonds is 6. The van der Waals surface area contributed by atoms with E-state index in [4.69, 9.17) is 4.74 Å². The standard InChI is InChI=1S/C14H20N4O2S/c1-9-5-6-12(20-4)10(7-9)11(15-2)8-21-14-17-16-13(19)18(14)3/h5-7,11,15H,8H2,1-4H3,(H,16,19). The molecule has 0 aliphatic heterocycles. The molecule has 0 saturated carbocycles. The van der Waals surface area contributed by atoms with Crippen LogP contribution in [0.25, 0.3) is 0 Å². The van der Waals surface area contributed by atoms with Crippen molar-refractivity contribution in [2.75, 3.05) is 19.9 Å². The van der Waals surface area contributed by atoms with Crippen molar-refractivity contribution in [1.82, 2.24) is 20.1 Å². The van der Waals surface area contributed by atoms with Crippen LogP contribution in [0.2, 0.25) is 0 Å². The summed E-state index contributed by atoms with van der Waals surface area (Å²) in [7, 11) is 5.29. The Labute approximate surface area is 127 Å². The van der Waals surface area contributed by atoms with E-state index in [2.05, 4.69) is 28.5 Å². The first kappa shape index (κ1) is 15.7. The lowest BCUT2D eigenvalue weighted by atomic mass is 10.0. The van der Waals surface area contributed by atoms with Crippen LogP contribution < -0.4 is 15.7 Å². The Morgan fingerprint density at radius 2 is 2.29 bits per heavy atom. The molecule has 1 atom stereocenters. The summed E-state index contributed by atoms with van der Waals surface area (Å²) in [6.45, 7) is 2.06. The molecule has 1 aromatic heterocycles. The first-order chi connectivity index (χ1) is 10.1. The fourth-order valence-electron chi connectivity index (χ4n) is 2.07. The molecule has 0 amide bonds. The quantitative estimate of drug-likeness (QED) is 0.791. The summed E-state index contributed by atoms with van der Waals surface area (Å²) in [4.78, 5) is 11.4. The van der Waals surface area contributed by atoms with Crippen molar-refractivity contribution in [3.8, 4) is 5.75 Å². The van der Waals surface area contributed by atoms with E-state index < -0.39 is 0 Å². The zero-order valence-electron chi connectivity index (χ0n) is 12.6. The first-order valence-corrected chi connectivity index (χ1v) is 7.61. The molecule has 0 saturated heterocycles. The Hall–Kier alpha value is -1.73. The summed E-state index contributed by atoms with van der Waals surface area (Å²) >= 11 is 1.52. The molecule has 1 heterocycles. The number of aryl methyl sites for hydroxylation is 1. The lowest BCUT2D eigenvalue weighted by molar-refractivity contribution is 0.404. The summed E-state index contributed by atoms with van der Waals surface area (Å²) in [5.74, 6) is 1.60. The number of ether oxygens (including phenoxy) is 1. The van der Waals surface area contributed by atoms with Crippen LogP contribution >= 0.6 is 11.8 Å². The lowest BCUT2D eigenvalue weighted by Gasteiger charge is -2.19. The number of H-pyrrole nitrogens is 1. The van der Waals surface area contributed by atoms with Gasteiger partial charge in [-0.05, 0) is 20.0 Å². The second-order valence-electron chi connectivity index (χ2n) is 4.77. The minimum absolute atomic E-state index is 0.108. The highest BCUT2D eigenvalue weighted by molar-refractivity contribution is 7.99. The van der Waals surface area contributed by atoms with Crippen molar-refractivity contribution >= 4 is 11.8 Å². The Balaban J connectivity index is 2.18. The van der Waals surface area contributed by atoms with Gasteiger partial charge in [0.25, 0.3) is 0 Å². The van der Waals surface area contributed by atoms with Crippen molar-refractivity contribution in [1.29, 1.82) is 0 Å². The van der Waals surface area contributed by atoms with E-state index in [1.165, 1.54) is 21.9 Å². The van der Waals surface area contributed by atoms with Gasteiger partial charge in [-0.1, -0.05) is 29.5 Å². The Kier molecular flexibility index (Phi) is 5.08. The zero-order chi connectivity index (χ0) is 15.4. The molecule has 1 aromatic carbocycles. The summed E-state index contributed by atoms with van der Waals surface area (Å²) in [5.41, 5.74) is 2.09. The Bertz CT molecular complexity index is 665. The van der Waals surface area contributed by atoms with Gasteiger partial charge in [0.15, 0.2) is 5.16 Å². The molecule has 0 bridgehead atoms. The van der Waals surface area contributed by atoms with Crippen LogP contribution in [-0.2, 0) is 7.05 Å². The summed E-state index contributed by atoms with van der Waals surface area (Å²) in [6.07, 6.45) is 0. The molecule has 0 radical (unpaired) electrons. The Morgan fingerprint density at radius 3 is 2.86 bits per heavy atom. The maximum atomic E-state index is 11.4. The average Bonchev–Trinajstić information content (AvgIpc) is 2.80. The topological polar surface area (TPSA) is 71.9 Å². The highest BCUT2D eigenvalue weighted by atomic mass is 32.2. The van der Waals surface area contributed by atoms with Crippen molar-refractivity contribution in [2.24, 2.45) is 7.05 Å². The van der Waals surface area contributed by atoms with Gasteiger partial charge in [0.05, 0.1) is 7.11 Å². The van der Waals surface area contributed by atoms with Crippen molar-refractivity contribution in [3.05, 3.63) is 39.8 Å². The number of nitrogens with one attached hydrogen (secondary N) is 2. The first-order valence-electron chi connectivity index (χ1n) is 6.62. The van der Waals surface area contributed by atoms with Crippen molar-refractivity contribution in [3.63, 3.8) is 0 Å². The van der Waals surface area contributed by atoms with E-state index in [1.807, 2.05) is 19.2 Å². The van der Waals surface area contributed by atoms with E-state index in [-0.39, 0.29) is 11.7 Å². The zero-order valence-corrected chi connectivity index (χ0v) is 13.5. The van der Waals surface area contributed by atoms with Gasteiger partial charge < -0.3 is 10.1 Å². The van der Waals surface area contributed by atoms with Crippen molar-refractivity contribution < 1.29 is 4.74 Å². The third kappa shape index (κ3) is 3.48.